The summed E-state index contributed by atoms with van der Waals surface area (Å²) < 4.78 is 13.8. The topological polar surface area (TPSA) is 61.4 Å². The second-order valence-corrected chi connectivity index (χ2v) is 1.87. The van der Waals surface area contributed by atoms with Crippen LogP contribution < -0.4 is 10.2 Å². The van der Waals surface area contributed by atoms with Crippen molar-refractivity contribution in [3.63, 3.8) is 0 Å². The van der Waals surface area contributed by atoms with Crippen molar-refractivity contribution in [1.82, 2.24) is 5.32 Å². The van der Waals surface area contributed by atoms with E-state index >= 15 is 0 Å². The predicted molar refractivity (Wildman–Crippen MR) is 27.5 cm³/mol. The van der Waals surface area contributed by atoms with Gasteiger partial charge in [-0.25, -0.2) is 0 Å². The highest BCUT2D eigenvalue weighted by molar-refractivity contribution is 7.30. The Labute approximate surface area is 48.8 Å². The molecule has 0 amide bonds. The lowest BCUT2D eigenvalue weighted by Crippen LogP contribution is -2.13. The molecule has 0 bridgehead atoms. The van der Waals surface area contributed by atoms with Gasteiger partial charge in [-0.2, -0.15) is 0 Å². The van der Waals surface area contributed by atoms with Crippen LogP contribution in [0.4, 0.5) is 0 Å². The molecule has 0 aliphatic carbocycles. The van der Waals surface area contributed by atoms with E-state index in [4.69, 9.17) is 0 Å². The molecule has 0 heterocycles. The van der Waals surface area contributed by atoms with E-state index in [9.17, 15) is 9.46 Å². The largest absolute Gasteiger partial charge is 0.566 e. The summed E-state index contributed by atoms with van der Waals surface area (Å²) in [4.78, 5) is 9.66. The Morgan fingerprint density at radius 3 is 2.88 bits per heavy atom. The number of rotatable bonds is 4. The van der Waals surface area contributed by atoms with Crippen LogP contribution in [0.5, 0.6) is 0 Å². The molecule has 0 fully saturated rings. The third-order valence-electron chi connectivity index (χ3n) is 0.549. The molecule has 0 saturated carbocycles. The van der Waals surface area contributed by atoms with E-state index in [0.29, 0.717) is 6.54 Å². The Bertz CT molecular complexity index is 76.9. The van der Waals surface area contributed by atoms with E-state index in [2.05, 4.69) is 9.84 Å². The summed E-state index contributed by atoms with van der Waals surface area (Å²) in [6, 6.07) is 0. The Kier molecular flexibility index (Phi) is 5.11. The van der Waals surface area contributed by atoms with Gasteiger partial charge in [0.1, 0.15) is 6.61 Å². The Morgan fingerprint density at radius 2 is 2.50 bits per heavy atom. The zero-order valence-electron chi connectivity index (χ0n) is 4.59. The molecule has 1 unspecified atom stereocenters. The van der Waals surface area contributed by atoms with Crippen LogP contribution >= 0.6 is 8.25 Å². The van der Waals surface area contributed by atoms with Gasteiger partial charge in [-0.1, -0.05) is 0 Å². The van der Waals surface area contributed by atoms with E-state index < -0.39 is 8.25 Å². The van der Waals surface area contributed by atoms with Crippen molar-refractivity contribution in [2.75, 3.05) is 20.2 Å². The van der Waals surface area contributed by atoms with Crippen molar-refractivity contribution in [2.24, 2.45) is 0 Å². The second kappa shape index (κ2) is 5.12. The fourth-order valence-electron chi connectivity index (χ4n) is 0.222. The summed E-state index contributed by atoms with van der Waals surface area (Å²) in [5.74, 6) is 0. The number of hydrogen-bond donors (Lipinski definition) is 1. The van der Waals surface area contributed by atoms with Crippen LogP contribution in [0.1, 0.15) is 0 Å². The molecule has 0 aromatic rings. The highest BCUT2D eigenvalue weighted by Crippen LogP contribution is 2.05. The van der Waals surface area contributed by atoms with Gasteiger partial charge in [-0.3, -0.25) is 0 Å². The molecule has 0 saturated heterocycles. The molecule has 0 aliphatic heterocycles. The van der Waals surface area contributed by atoms with Crippen LogP contribution in [0.3, 0.4) is 0 Å². The summed E-state index contributed by atoms with van der Waals surface area (Å²) in [6.07, 6.45) is 0. The molecule has 48 valence electrons. The maximum Gasteiger partial charge on any atom is 0.488 e. The van der Waals surface area contributed by atoms with Gasteiger partial charge in [0.2, 0.25) is 0 Å². The van der Waals surface area contributed by atoms with Crippen molar-refractivity contribution in [3.8, 4) is 0 Å². The van der Waals surface area contributed by atoms with Crippen LogP contribution in [0.15, 0.2) is 0 Å². The summed E-state index contributed by atoms with van der Waals surface area (Å²) >= 11 is 0. The van der Waals surface area contributed by atoms with Gasteiger partial charge >= 0.3 is 8.25 Å². The molecule has 0 aliphatic rings. The molecule has 0 rings (SSSR count). The van der Waals surface area contributed by atoms with Gasteiger partial charge in [0.25, 0.3) is 0 Å². The Hall–Kier alpha value is -0.0200. The second-order valence-electron chi connectivity index (χ2n) is 1.16. The number of nitrogens with one attached hydrogen (secondary N) is 1. The number of likely N-dealkylation sites (N-methyl/N-ethyl adjacent to an activating group) is 1. The first-order chi connectivity index (χ1) is 3.77. The first-order valence-electron chi connectivity index (χ1n) is 2.19. The first-order valence-corrected chi connectivity index (χ1v) is 3.29. The van der Waals surface area contributed by atoms with Crippen LogP contribution in [0, 0.1) is 0 Å². The minimum Gasteiger partial charge on any atom is -0.566 e. The molecule has 0 aromatic carbocycles. The normalized spacial score (nSPS) is 11.5. The van der Waals surface area contributed by atoms with Crippen molar-refractivity contribution < 1.29 is 14.0 Å². The summed E-state index contributed by atoms with van der Waals surface area (Å²) in [6.45, 7) is 0.776. The van der Waals surface area contributed by atoms with Crippen LogP contribution in [-0.4, -0.2) is 20.2 Å². The minimum absolute atomic E-state index is 0.217. The fourth-order valence-corrected chi connectivity index (χ4v) is 0.463. The van der Waals surface area contributed by atoms with E-state index in [-0.39, 0.29) is 6.61 Å². The highest BCUT2D eigenvalue weighted by Gasteiger charge is 1.96. The van der Waals surface area contributed by atoms with Crippen LogP contribution in [0.2, 0.25) is 0 Å². The van der Waals surface area contributed by atoms with Crippen molar-refractivity contribution in [1.29, 1.82) is 0 Å². The Morgan fingerprint density at radius 1 is 1.88 bits per heavy atom. The molecule has 1 N–H and O–H groups in total. The zero-order valence-corrected chi connectivity index (χ0v) is 5.48. The van der Waals surface area contributed by atoms with Gasteiger partial charge in [0.05, 0.1) is 0 Å². The lowest BCUT2D eigenvalue weighted by Gasteiger charge is -1.90. The fraction of sp³-hybridized carbons (Fsp3) is 1.00. The Balaban J connectivity index is 2.82. The maximum absolute atomic E-state index is 9.66. The molecule has 0 aromatic heterocycles. The SMILES string of the molecule is CNCCO[P+](=O)[O-]. The average Bonchev–Trinajstić information content (AvgIpc) is 1.66. The lowest BCUT2D eigenvalue weighted by atomic mass is 10.7. The third-order valence-corrected chi connectivity index (χ3v) is 0.942. The smallest absolute Gasteiger partial charge is 0.488 e. The monoisotopic (exact) mass is 137 g/mol. The van der Waals surface area contributed by atoms with Crippen molar-refractivity contribution in [2.45, 2.75) is 0 Å². The van der Waals surface area contributed by atoms with E-state index in [0.717, 1.165) is 0 Å². The predicted octanol–water partition coefficient (Wildman–Crippen LogP) is -0.760. The molecule has 0 radical (unpaired) electrons. The quantitative estimate of drug-likeness (QED) is 0.408. The number of hydrogen-bond acceptors (Lipinski definition) is 4. The molecule has 4 nitrogen and oxygen atoms in total. The van der Waals surface area contributed by atoms with Gasteiger partial charge in [0, 0.05) is 6.54 Å². The molecule has 5 heteroatoms. The summed E-state index contributed by atoms with van der Waals surface area (Å²) in [5, 5.41) is 2.73. The van der Waals surface area contributed by atoms with Gasteiger partial charge in [-0.15, -0.1) is 4.52 Å². The van der Waals surface area contributed by atoms with Crippen molar-refractivity contribution >= 4 is 8.25 Å². The van der Waals surface area contributed by atoms with Crippen LogP contribution in [-0.2, 0) is 9.09 Å². The molecule has 8 heavy (non-hydrogen) atoms. The standard InChI is InChI=1S/C3H8NO3P/c1-4-2-3-7-8(5)6/h4H,2-3H2,1H3. The van der Waals surface area contributed by atoms with E-state index in [1.54, 1.807) is 7.05 Å². The third kappa shape index (κ3) is 5.98. The summed E-state index contributed by atoms with van der Waals surface area (Å²) in [7, 11) is -0.929. The maximum atomic E-state index is 9.66. The molecule has 1 atom stereocenters. The zero-order chi connectivity index (χ0) is 6.41. The van der Waals surface area contributed by atoms with Crippen LogP contribution in [0.25, 0.3) is 0 Å². The molecular formula is C3H8NO3P. The van der Waals surface area contributed by atoms with E-state index in [1.165, 1.54) is 0 Å². The van der Waals surface area contributed by atoms with Gasteiger partial charge in [-0.05, 0) is 11.6 Å². The van der Waals surface area contributed by atoms with Gasteiger partial charge < -0.3 is 10.2 Å². The highest BCUT2D eigenvalue weighted by atomic mass is 31.1. The molecular weight excluding hydrogens is 129 g/mol. The lowest BCUT2D eigenvalue weighted by molar-refractivity contribution is -0.185. The summed E-state index contributed by atoms with van der Waals surface area (Å²) in [5.41, 5.74) is 0. The van der Waals surface area contributed by atoms with Crippen molar-refractivity contribution in [3.05, 3.63) is 0 Å². The first kappa shape index (κ1) is 7.98. The van der Waals surface area contributed by atoms with Gasteiger partial charge in [0.15, 0.2) is 0 Å². The minimum atomic E-state index is -2.65. The average molecular weight is 137 g/mol. The van der Waals surface area contributed by atoms with E-state index in [1.807, 2.05) is 0 Å². The molecule has 0 spiro atoms.